The molecule has 0 atom stereocenters. The number of hydrogen-bond acceptors (Lipinski definition) is 3. The van der Waals surface area contributed by atoms with Crippen LogP contribution in [0.3, 0.4) is 0 Å². The summed E-state index contributed by atoms with van der Waals surface area (Å²) in [6, 6.07) is 5.51. The lowest BCUT2D eigenvalue weighted by Crippen LogP contribution is -2.24. The van der Waals surface area contributed by atoms with Gasteiger partial charge in [-0.1, -0.05) is 6.07 Å². The number of rotatable bonds is 1. The van der Waals surface area contributed by atoms with Crippen molar-refractivity contribution in [1.29, 1.82) is 0 Å². The van der Waals surface area contributed by atoms with Crippen molar-refractivity contribution in [1.82, 2.24) is 0 Å². The number of fused-ring (bicyclic) bond motifs is 3. The van der Waals surface area contributed by atoms with E-state index in [-0.39, 0.29) is 5.76 Å². The van der Waals surface area contributed by atoms with Gasteiger partial charge in [0, 0.05) is 25.0 Å². The predicted octanol–water partition coefficient (Wildman–Crippen LogP) is 2.51. The smallest absolute Gasteiger partial charge is 0.371 e. The van der Waals surface area contributed by atoms with E-state index in [9.17, 15) is 4.79 Å². The monoisotopic (exact) mass is 231 g/mol. The van der Waals surface area contributed by atoms with E-state index in [1.807, 2.05) is 19.2 Å². The molecule has 3 rings (SSSR count). The van der Waals surface area contributed by atoms with Crippen LogP contribution in [-0.2, 0) is 6.42 Å². The minimum absolute atomic E-state index is 0.00683. The van der Waals surface area contributed by atoms with Crippen LogP contribution in [0.4, 0.5) is 5.69 Å². The highest BCUT2D eigenvalue weighted by molar-refractivity contribution is 5.98. The molecule has 2 aromatic rings. The predicted molar refractivity (Wildman–Crippen MR) is 64.8 cm³/mol. The number of hydrogen-bond donors (Lipinski definition) is 1. The van der Waals surface area contributed by atoms with Crippen LogP contribution >= 0.6 is 0 Å². The molecular weight excluding hydrogens is 218 g/mol. The van der Waals surface area contributed by atoms with E-state index < -0.39 is 5.97 Å². The Bertz CT molecular complexity index is 600. The molecule has 4 nitrogen and oxygen atoms in total. The Morgan fingerprint density at radius 2 is 2.29 bits per heavy atom. The number of anilines is 1. The van der Waals surface area contributed by atoms with Gasteiger partial charge in [-0.15, -0.1) is 0 Å². The van der Waals surface area contributed by atoms with E-state index in [2.05, 4.69) is 4.90 Å². The van der Waals surface area contributed by atoms with E-state index in [1.54, 1.807) is 6.07 Å². The van der Waals surface area contributed by atoms with Crippen LogP contribution in [0.1, 0.15) is 22.5 Å². The van der Waals surface area contributed by atoms with Crippen LogP contribution in [0, 0.1) is 0 Å². The van der Waals surface area contributed by atoms with Gasteiger partial charge in [-0.3, -0.25) is 0 Å². The Morgan fingerprint density at radius 3 is 3.06 bits per heavy atom. The number of aromatic carboxylic acids is 1. The normalized spacial score (nSPS) is 15.0. The maximum Gasteiger partial charge on any atom is 0.371 e. The van der Waals surface area contributed by atoms with Gasteiger partial charge in [-0.2, -0.15) is 0 Å². The average molecular weight is 231 g/mol. The summed E-state index contributed by atoms with van der Waals surface area (Å²) >= 11 is 0. The Hall–Kier alpha value is -1.97. The Labute approximate surface area is 98.4 Å². The van der Waals surface area contributed by atoms with Gasteiger partial charge in [0.25, 0.3) is 0 Å². The van der Waals surface area contributed by atoms with Crippen LogP contribution in [0.15, 0.2) is 22.6 Å². The molecule has 1 aliphatic heterocycles. The highest BCUT2D eigenvalue weighted by Crippen LogP contribution is 2.35. The molecule has 17 heavy (non-hydrogen) atoms. The summed E-state index contributed by atoms with van der Waals surface area (Å²) in [6.07, 6.45) is 2.18. The Morgan fingerprint density at radius 1 is 1.47 bits per heavy atom. The number of carboxylic acid groups (broad SMARTS) is 1. The molecule has 1 aliphatic rings. The molecule has 1 aromatic heterocycles. The molecule has 0 fully saturated rings. The van der Waals surface area contributed by atoms with Crippen molar-refractivity contribution in [2.45, 2.75) is 12.8 Å². The summed E-state index contributed by atoms with van der Waals surface area (Å²) in [7, 11) is 2.03. The minimum atomic E-state index is -1.02. The first-order valence-electron chi connectivity index (χ1n) is 5.66. The molecule has 0 spiro atoms. The molecule has 0 bridgehead atoms. The molecule has 0 saturated heterocycles. The second-order valence-electron chi connectivity index (χ2n) is 4.43. The third-order valence-electron chi connectivity index (χ3n) is 3.29. The fraction of sp³-hybridized carbons (Fsp3) is 0.308. The lowest BCUT2D eigenvalue weighted by molar-refractivity contribution is 0.0665. The quantitative estimate of drug-likeness (QED) is 0.819. The Balaban J connectivity index is 2.29. The highest BCUT2D eigenvalue weighted by atomic mass is 16.4. The van der Waals surface area contributed by atoms with Gasteiger partial charge in [0.15, 0.2) is 0 Å². The summed E-state index contributed by atoms with van der Waals surface area (Å²) in [6.45, 7) is 1.000. The second kappa shape index (κ2) is 3.52. The van der Waals surface area contributed by atoms with E-state index in [0.717, 1.165) is 30.5 Å². The van der Waals surface area contributed by atoms with Crippen molar-refractivity contribution in [3.05, 3.63) is 29.5 Å². The van der Waals surface area contributed by atoms with Crippen LogP contribution in [0.5, 0.6) is 0 Å². The second-order valence-corrected chi connectivity index (χ2v) is 4.43. The molecule has 0 aliphatic carbocycles. The molecule has 1 aromatic carbocycles. The SMILES string of the molecule is CN1CCCc2ccc3oc(C(=O)O)cc3c21. The highest BCUT2D eigenvalue weighted by Gasteiger charge is 2.20. The minimum Gasteiger partial charge on any atom is -0.475 e. The van der Waals surface area contributed by atoms with Gasteiger partial charge in [0.1, 0.15) is 5.58 Å². The topological polar surface area (TPSA) is 53.7 Å². The molecule has 4 heteroatoms. The third kappa shape index (κ3) is 1.48. The van der Waals surface area contributed by atoms with Crippen molar-refractivity contribution >= 4 is 22.6 Å². The number of carboxylic acids is 1. The standard InChI is InChI=1S/C13H13NO3/c1-14-6-2-3-8-4-5-10-9(12(8)14)7-11(17-10)13(15)16/h4-5,7H,2-3,6H2,1H3,(H,15,16). The Kier molecular flexibility index (Phi) is 2.11. The largest absolute Gasteiger partial charge is 0.475 e. The van der Waals surface area contributed by atoms with Gasteiger partial charge in [0.2, 0.25) is 5.76 Å². The maximum atomic E-state index is 10.9. The zero-order valence-corrected chi connectivity index (χ0v) is 9.56. The molecule has 1 N–H and O–H groups in total. The molecule has 2 heterocycles. The molecular formula is C13H13NO3. The van der Waals surface area contributed by atoms with Gasteiger partial charge in [-0.25, -0.2) is 4.79 Å². The van der Waals surface area contributed by atoms with Gasteiger partial charge in [-0.05, 0) is 24.5 Å². The van der Waals surface area contributed by atoms with Crippen LogP contribution < -0.4 is 4.90 Å². The first kappa shape index (κ1) is 10.2. The fourth-order valence-electron chi connectivity index (χ4n) is 2.52. The molecule has 0 unspecified atom stereocenters. The van der Waals surface area contributed by atoms with Crippen molar-refractivity contribution in [2.75, 3.05) is 18.5 Å². The number of carbonyl (C=O) groups is 1. The first-order valence-corrected chi connectivity index (χ1v) is 5.66. The lowest BCUT2D eigenvalue weighted by Gasteiger charge is -2.27. The van der Waals surface area contributed by atoms with Gasteiger partial charge in [0.05, 0.1) is 5.69 Å². The number of benzene rings is 1. The van der Waals surface area contributed by atoms with Gasteiger partial charge >= 0.3 is 5.97 Å². The number of aryl methyl sites for hydroxylation is 1. The lowest BCUT2D eigenvalue weighted by atomic mass is 9.99. The molecule has 0 saturated carbocycles. The first-order chi connectivity index (χ1) is 8.16. The summed E-state index contributed by atoms with van der Waals surface area (Å²) in [5, 5.41) is 9.85. The molecule has 0 amide bonds. The zero-order valence-electron chi connectivity index (χ0n) is 9.56. The van der Waals surface area contributed by atoms with Crippen molar-refractivity contribution < 1.29 is 14.3 Å². The summed E-state index contributed by atoms with van der Waals surface area (Å²) in [4.78, 5) is 13.1. The summed E-state index contributed by atoms with van der Waals surface area (Å²) < 4.78 is 5.32. The van der Waals surface area contributed by atoms with Crippen molar-refractivity contribution in [3.63, 3.8) is 0 Å². The summed E-state index contributed by atoms with van der Waals surface area (Å²) in [5.41, 5.74) is 3.03. The average Bonchev–Trinajstić information content (AvgIpc) is 2.73. The number of furan rings is 1. The van der Waals surface area contributed by atoms with E-state index in [1.165, 1.54) is 5.56 Å². The third-order valence-corrected chi connectivity index (χ3v) is 3.29. The molecule has 0 radical (unpaired) electrons. The summed E-state index contributed by atoms with van der Waals surface area (Å²) in [5.74, 6) is -1.01. The maximum absolute atomic E-state index is 10.9. The van der Waals surface area contributed by atoms with Gasteiger partial charge < -0.3 is 14.4 Å². The van der Waals surface area contributed by atoms with Crippen LogP contribution in [-0.4, -0.2) is 24.7 Å². The van der Waals surface area contributed by atoms with Crippen LogP contribution in [0.25, 0.3) is 11.0 Å². The zero-order chi connectivity index (χ0) is 12.0. The fourth-order valence-corrected chi connectivity index (χ4v) is 2.52. The van der Waals surface area contributed by atoms with Crippen molar-refractivity contribution in [2.24, 2.45) is 0 Å². The van der Waals surface area contributed by atoms with E-state index in [0.29, 0.717) is 5.58 Å². The number of nitrogens with zero attached hydrogens (tertiary/aromatic N) is 1. The van der Waals surface area contributed by atoms with Crippen molar-refractivity contribution in [3.8, 4) is 0 Å². The van der Waals surface area contributed by atoms with E-state index >= 15 is 0 Å². The van der Waals surface area contributed by atoms with E-state index in [4.69, 9.17) is 9.52 Å². The van der Waals surface area contributed by atoms with Crippen LogP contribution in [0.2, 0.25) is 0 Å². The molecule has 88 valence electrons.